The van der Waals surface area contributed by atoms with Gasteiger partial charge in [0.25, 0.3) is 0 Å². The second-order valence-corrected chi connectivity index (χ2v) is 6.60. The van der Waals surface area contributed by atoms with Gasteiger partial charge in [0.1, 0.15) is 0 Å². The second kappa shape index (κ2) is 7.76. The molecule has 1 fully saturated rings. The third-order valence-electron chi connectivity index (χ3n) is 4.00. The van der Waals surface area contributed by atoms with Crippen LogP contribution in [-0.2, 0) is 9.59 Å². The van der Waals surface area contributed by atoms with E-state index < -0.39 is 11.8 Å². The number of piperazine rings is 1. The molecule has 130 valence electrons. The summed E-state index contributed by atoms with van der Waals surface area (Å²) < 4.78 is 0. The lowest BCUT2D eigenvalue weighted by Gasteiger charge is -2.35. The molecule has 1 heterocycles. The molecule has 0 aliphatic carbocycles. The van der Waals surface area contributed by atoms with Crippen LogP contribution in [0.1, 0.15) is 0 Å². The van der Waals surface area contributed by atoms with Crippen LogP contribution in [0, 0.1) is 0 Å². The third kappa shape index (κ3) is 4.44. The zero-order chi connectivity index (χ0) is 17.8. The van der Waals surface area contributed by atoms with Crippen molar-refractivity contribution in [3.8, 4) is 0 Å². The van der Waals surface area contributed by atoms with E-state index in [-0.39, 0.29) is 0 Å². The minimum absolute atomic E-state index is 0.395. The van der Waals surface area contributed by atoms with E-state index in [2.05, 4.69) is 10.2 Å². The number of hydrogen-bond donors (Lipinski definition) is 1. The Bertz CT molecular complexity index is 755. The van der Waals surface area contributed by atoms with Crippen molar-refractivity contribution in [3.05, 3.63) is 58.6 Å². The van der Waals surface area contributed by atoms with Crippen molar-refractivity contribution in [1.82, 2.24) is 4.90 Å². The fourth-order valence-electron chi connectivity index (χ4n) is 2.76. The van der Waals surface area contributed by atoms with E-state index in [0.717, 1.165) is 5.69 Å². The first-order valence-corrected chi connectivity index (χ1v) is 8.65. The summed E-state index contributed by atoms with van der Waals surface area (Å²) >= 11 is 11.8. The summed E-state index contributed by atoms with van der Waals surface area (Å²) in [7, 11) is 0. The molecule has 0 saturated carbocycles. The van der Waals surface area contributed by atoms with Crippen molar-refractivity contribution in [3.63, 3.8) is 0 Å². The average Bonchev–Trinajstić information content (AvgIpc) is 2.61. The van der Waals surface area contributed by atoms with E-state index in [1.165, 1.54) is 0 Å². The molecule has 5 nitrogen and oxygen atoms in total. The minimum atomic E-state index is -0.688. The Hall–Kier alpha value is -2.24. The van der Waals surface area contributed by atoms with Crippen LogP contribution >= 0.6 is 23.2 Å². The van der Waals surface area contributed by atoms with Crippen LogP contribution in [0.2, 0.25) is 10.0 Å². The van der Waals surface area contributed by atoms with Gasteiger partial charge < -0.3 is 15.1 Å². The predicted molar refractivity (Wildman–Crippen MR) is 100 cm³/mol. The average molecular weight is 378 g/mol. The number of rotatable bonds is 2. The Morgan fingerprint density at radius 1 is 0.880 bits per heavy atom. The van der Waals surface area contributed by atoms with Crippen molar-refractivity contribution >= 4 is 46.4 Å². The normalized spacial score (nSPS) is 14.3. The summed E-state index contributed by atoms with van der Waals surface area (Å²) in [6, 6.07) is 14.7. The number of halogens is 2. The number of benzene rings is 2. The molecule has 0 aromatic heterocycles. The highest BCUT2D eigenvalue weighted by Crippen LogP contribution is 2.22. The first-order chi connectivity index (χ1) is 12.0. The van der Waals surface area contributed by atoms with Crippen LogP contribution in [0.4, 0.5) is 11.4 Å². The zero-order valence-electron chi connectivity index (χ0n) is 13.4. The van der Waals surface area contributed by atoms with Crippen LogP contribution in [0.25, 0.3) is 0 Å². The van der Waals surface area contributed by atoms with Gasteiger partial charge in [-0.25, -0.2) is 0 Å². The summed E-state index contributed by atoms with van der Waals surface area (Å²) in [5, 5.41) is 3.34. The monoisotopic (exact) mass is 377 g/mol. The van der Waals surface area contributed by atoms with Gasteiger partial charge in [0.05, 0.1) is 0 Å². The highest BCUT2D eigenvalue weighted by molar-refractivity contribution is 6.40. The fourth-order valence-corrected chi connectivity index (χ4v) is 3.29. The van der Waals surface area contributed by atoms with Gasteiger partial charge in [-0.05, 0) is 30.3 Å². The Morgan fingerprint density at radius 3 is 2.08 bits per heavy atom. The Balaban J connectivity index is 1.57. The quantitative estimate of drug-likeness (QED) is 0.817. The molecule has 0 bridgehead atoms. The fraction of sp³-hybridized carbons (Fsp3) is 0.222. The van der Waals surface area contributed by atoms with Gasteiger partial charge in [0, 0.05) is 47.6 Å². The first-order valence-electron chi connectivity index (χ1n) is 7.89. The van der Waals surface area contributed by atoms with Crippen LogP contribution in [0.3, 0.4) is 0 Å². The molecule has 1 saturated heterocycles. The Morgan fingerprint density at radius 2 is 1.48 bits per heavy atom. The molecule has 2 aromatic rings. The van der Waals surface area contributed by atoms with E-state index in [9.17, 15) is 9.59 Å². The Kier molecular flexibility index (Phi) is 5.46. The van der Waals surface area contributed by atoms with Crippen molar-refractivity contribution in [2.24, 2.45) is 0 Å². The maximum Gasteiger partial charge on any atom is 0.313 e. The van der Waals surface area contributed by atoms with Gasteiger partial charge in [-0.3, -0.25) is 9.59 Å². The molecule has 0 atom stereocenters. The lowest BCUT2D eigenvalue weighted by molar-refractivity contribution is -0.143. The summed E-state index contributed by atoms with van der Waals surface area (Å²) in [6.45, 7) is 2.37. The smallest absolute Gasteiger partial charge is 0.313 e. The molecule has 0 spiro atoms. The number of nitrogens with zero attached hydrogens (tertiary/aromatic N) is 2. The molecular weight excluding hydrogens is 361 g/mol. The molecule has 25 heavy (non-hydrogen) atoms. The van der Waals surface area contributed by atoms with Gasteiger partial charge in [0.2, 0.25) is 0 Å². The Labute approximate surface area is 156 Å². The van der Waals surface area contributed by atoms with Crippen molar-refractivity contribution in [2.75, 3.05) is 36.4 Å². The SMILES string of the molecule is O=C(Nc1cc(Cl)cc(Cl)c1)C(=O)N1CCN(c2ccccc2)CC1. The predicted octanol–water partition coefficient (Wildman–Crippen LogP) is 3.28. The highest BCUT2D eigenvalue weighted by Gasteiger charge is 2.26. The molecule has 2 amide bonds. The van der Waals surface area contributed by atoms with Gasteiger partial charge in [-0.1, -0.05) is 41.4 Å². The second-order valence-electron chi connectivity index (χ2n) is 5.73. The number of hydrogen-bond acceptors (Lipinski definition) is 3. The molecule has 1 aliphatic rings. The van der Waals surface area contributed by atoms with Crippen LogP contribution in [0.5, 0.6) is 0 Å². The standard InChI is InChI=1S/C18H17Cl2N3O2/c19-13-10-14(20)12-15(11-13)21-17(24)18(25)23-8-6-22(7-9-23)16-4-2-1-3-5-16/h1-5,10-12H,6-9H2,(H,21,24). The molecule has 1 aliphatic heterocycles. The number of carbonyl (C=O) groups excluding carboxylic acids is 2. The third-order valence-corrected chi connectivity index (χ3v) is 4.44. The summed E-state index contributed by atoms with van der Waals surface area (Å²) in [6.07, 6.45) is 0. The molecule has 0 radical (unpaired) electrons. The molecule has 0 unspecified atom stereocenters. The maximum atomic E-state index is 12.3. The molecule has 2 aromatic carbocycles. The van der Waals surface area contributed by atoms with Crippen molar-refractivity contribution in [1.29, 1.82) is 0 Å². The summed E-state index contributed by atoms with van der Waals surface area (Å²) in [5.41, 5.74) is 1.52. The zero-order valence-corrected chi connectivity index (χ0v) is 14.9. The number of amides is 2. The van der Waals surface area contributed by atoms with Gasteiger partial charge in [-0.15, -0.1) is 0 Å². The van der Waals surface area contributed by atoms with E-state index >= 15 is 0 Å². The molecule has 7 heteroatoms. The van der Waals surface area contributed by atoms with Gasteiger partial charge in [-0.2, -0.15) is 0 Å². The topological polar surface area (TPSA) is 52.7 Å². The molecular formula is C18H17Cl2N3O2. The number of nitrogens with one attached hydrogen (secondary N) is 1. The van der Waals surface area contributed by atoms with Crippen molar-refractivity contribution in [2.45, 2.75) is 0 Å². The lowest BCUT2D eigenvalue weighted by atomic mass is 10.2. The summed E-state index contributed by atoms with van der Waals surface area (Å²) in [4.78, 5) is 28.3. The van der Waals surface area contributed by atoms with E-state index in [1.54, 1.807) is 23.1 Å². The maximum absolute atomic E-state index is 12.3. The van der Waals surface area contributed by atoms with Gasteiger partial charge >= 0.3 is 11.8 Å². The van der Waals surface area contributed by atoms with Crippen LogP contribution in [0.15, 0.2) is 48.5 Å². The van der Waals surface area contributed by atoms with Crippen molar-refractivity contribution < 1.29 is 9.59 Å². The first kappa shape index (κ1) is 17.6. The molecule has 1 N–H and O–H groups in total. The minimum Gasteiger partial charge on any atom is -0.368 e. The van der Waals surface area contributed by atoms with Crippen LogP contribution < -0.4 is 10.2 Å². The van der Waals surface area contributed by atoms with E-state index in [1.807, 2.05) is 30.3 Å². The molecule has 3 rings (SSSR count). The van der Waals surface area contributed by atoms with Crippen LogP contribution in [-0.4, -0.2) is 42.9 Å². The lowest BCUT2D eigenvalue weighted by Crippen LogP contribution is -2.51. The summed E-state index contributed by atoms with van der Waals surface area (Å²) in [5.74, 6) is -1.24. The number of carbonyl (C=O) groups is 2. The highest BCUT2D eigenvalue weighted by atomic mass is 35.5. The number of anilines is 2. The van der Waals surface area contributed by atoms with E-state index in [0.29, 0.717) is 41.9 Å². The van der Waals surface area contributed by atoms with Gasteiger partial charge in [0.15, 0.2) is 0 Å². The number of para-hydroxylation sites is 1. The van der Waals surface area contributed by atoms with E-state index in [4.69, 9.17) is 23.2 Å². The largest absolute Gasteiger partial charge is 0.368 e.